The predicted molar refractivity (Wildman–Crippen MR) is 137 cm³/mol. The number of ether oxygens (including phenoxy) is 1. The fourth-order valence-electron chi connectivity index (χ4n) is 5.48. The summed E-state index contributed by atoms with van der Waals surface area (Å²) in [7, 11) is 1.71. The molecule has 37 heavy (non-hydrogen) atoms. The smallest absolute Gasteiger partial charge is 0.274 e. The standard InChI is InChI=1S/C28H27ClFN3O4/c1-17-11-28(12-17)16-32(2)27(36)23-25(37-15-18-7-4-3-5-8-18)24(34)20(14-33(23)28)26(35)31-13-19-9-6-10-21(29)22(19)30/h3-10,14,17H,11-13,15-16H2,1-2H3,(H,31,35)/t17-,28+. The van der Waals surface area contributed by atoms with Gasteiger partial charge in [-0.05, 0) is 30.4 Å². The van der Waals surface area contributed by atoms with Crippen LogP contribution in [0, 0.1) is 11.7 Å². The number of aromatic nitrogens is 1. The fourth-order valence-corrected chi connectivity index (χ4v) is 5.67. The molecule has 0 bridgehead atoms. The van der Waals surface area contributed by atoms with Crippen molar-refractivity contribution >= 4 is 23.4 Å². The summed E-state index contributed by atoms with van der Waals surface area (Å²) in [5.41, 5.74) is -0.109. The number of nitrogens with zero attached hydrogens (tertiary/aromatic N) is 2. The van der Waals surface area contributed by atoms with Crippen molar-refractivity contribution in [2.24, 2.45) is 5.92 Å². The highest BCUT2D eigenvalue weighted by Gasteiger charge is 2.50. The molecular weight excluding hydrogens is 497 g/mol. The van der Waals surface area contributed by atoms with Crippen LogP contribution in [0.2, 0.25) is 5.02 Å². The van der Waals surface area contributed by atoms with Crippen LogP contribution in [-0.2, 0) is 18.7 Å². The molecule has 1 fully saturated rings. The van der Waals surface area contributed by atoms with Crippen LogP contribution in [0.4, 0.5) is 4.39 Å². The molecular formula is C28H27ClFN3O4. The van der Waals surface area contributed by atoms with Gasteiger partial charge in [0.1, 0.15) is 18.0 Å². The number of likely N-dealkylation sites (N-methyl/N-ethyl adjacent to an activating group) is 1. The molecule has 0 atom stereocenters. The van der Waals surface area contributed by atoms with Gasteiger partial charge in [0.05, 0.1) is 10.6 Å². The summed E-state index contributed by atoms with van der Waals surface area (Å²) < 4.78 is 22.1. The lowest BCUT2D eigenvalue weighted by Crippen LogP contribution is -2.59. The summed E-state index contributed by atoms with van der Waals surface area (Å²) in [6.45, 7) is 2.50. The van der Waals surface area contributed by atoms with Crippen molar-refractivity contribution in [2.75, 3.05) is 13.6 Å². The minimum atomic E-state index is -0.683. The minimum Gasteiger partial charge on any atom is -0.483 e. The molecule has 1 aliphatic heterocycles. The number of halogens is 2. The van der Waals surface area contributed by atoms with Crippen LogP contribution in [0.5, 0.6) is 5.75 Å². The summed E-state index contributed by atoms with van der Waals surface area (Å²) in [5, 5.41) is 2.57. The second kappa shape index (κ2) is 9.67. The third kappa shape index (κ3) is 4.50. The van der Waals surface area contributed by atoms with E-state index in [1.807, 2.05) is 30.3 Å². The van der Waals surface area contributed by atoms with Crippen molar-refractivity contribution in [3.05, 3.63) is 98.2 Å². The number of benzene rings is 2. The molecule has 7 nitrogen and oxygen atoms in total. The van der Waals surface area contributed by atoms with Gasteiger partial charge in [-0.15, -0.1) is 0 Å². The second-order valence-corrected chi connectivity index (χ2v) is 10.4. The molecule has 0 unspecified atom stereocenters. The fraction of sp³-hybridized carbons (Fsp3) is 0.321. The molecule has 3 aromatic rings. The van der Waals surface area contributed by atoms with E-state index in [1.165, 1.54) is 18.3 Å². The Kier molecular flexibility index (Phi) is 6.54. The van der Waals surface area contributed by atoms with Gasteiger partial charge in [-0.3, -0.25) is 14.4 Å². The number of hydrogen-bond donors (Lipinski definition) is 1. The van der Waals surface area contributed by atoms with Gasteiger partial charge < -0.3 is 19.5 Å². The molecule has 1 N–H and O–H groups in total. The normalized spacial score (nSPS) is 20.4. The lowest BCUT2D eigenvalue weighted by molar-refractivity contribution is 0.0144. The molecule has 1 aromatic heterocycles. The zero-order valence-corrected chi connectivity index (χ0v) is 21.3. The largest absolute Gasteiger partial charge is 0.483 e. The van der Waals surface area contributed by atoms with Gasteiger partial charge in [-0.25, -0.2) is 4.39 Å². The highest BCUT2D eigenvalue weighted by molar-refractivity contribution is 6.30. The third-order valence-electron chi connectivity index (χ3n) is 7.16. The maximum atomic E-state index is 14.3. The zero-order chi connectivity index (χ0) is 26.3. The lowest BCUT2D eigenvalue weighted by atomic mass is 9.67. The first-order valence-corrected chi connectivity index (χ1v) is 12.5. The van der Waals surface area contributed by atoms with Crippen molar-refractivity contribution in [3.63, 3.8) is 0 Å². The first-order chi connectivity index (χ1) is 17.7. The van der Waals surface area contributed by atoms with E-state index in [0.29, 0.717) is 12.5 Å². The number of rotatable bonds is 6. The van der Waals surface area contributed by atoms with Gasteiger partial charge in [0.2, 0.25) is 5.43 Å². The molecule has 1 aliphatic carbocycles. The van der Waals surface area contributed by atoms with Crippen LogP contribution in [0.15, 0.2) is 59.5 Å². The summed E-state index contributed by atoms with van der Waals surface area (Å²) in [4.78, 5) is 41.8. The van der Waals surface area contributed by atoms with E-state index in [1.54, 1.807) is 22.6 Å². The van der Waals surface area contributed by atoms with E-state index in [9.17, 15) is 18.8 Å². The summed E-state index contributed by atoms with van der Waals surface area (Å²) in [5.74, 6) is -1.36. The van der Waals surface area contributed by atoms with Crippen LogP contribution in [-0.4, -0.2) is 34.9 Å². The molecule has 9 heteroatoms. The lowest BCUT2D eigenvalue weighted by Gasteiger charge is -2.53. The van der Waals surface area contributed by atoms with E-state index < -0.39 is 22.7 Å². The zero-order valence-electron chi connectivity index (χ0n) is 20.6. The molecule has 0 radical (unpaired) electrons. The summed E-state index contributed by atoms with van der Waals surface area (Å²) in [6.07, 6.45) is 3.06. The van der Waals surface area contributed by atoms with Crippen LogP contribution in [0.3, 0.4) is 0 Å². The molecule has 2 heterocycles. The van der Waals surface area contributed by atoms with Gasteiger partial charge >= 0.3 is 0 Å². The van der Waals surface area contributed by atoms with Gasteiger partial charge in [0.15, 0.2) is 11.4 Å². The van der Waals surface area contributed by atoms with Crippen molar-refractivity contribution in [1.82, 2.24) is 14.8 Å². The van der Waals surface area contributed by atoms with E-state index in [0.717, 1.165) is 18.4 Å². The number of carbonyl (C=O) groups excluding carboxylic acids is 2. The molecule has 2 aromatic carbocycles. The predicted octanol–water partition coefficient (Wildman–Crippen LogP) is 4.36. The van der Waals surface area contributed by atoms with Crippen LogP contribution < -0.4 is 15.5 Å². The van der Waals surface area contributed by atoms with Crippen molar-refractivity contribution in [1.29, 1.82) is 0 Å². The van der Waals surface area contributed by atoms with Crippen LogP contribution >= 0.6 is 11.6 Å². The number of nitrogens with one attached hydrogen (secondary N) is 1. The number of amides is 2. The van der Waals surface area contributed by atoms with Crippen LogP contribution in [0.25, 0.3) is 0 Å². The number of hydrogen-bond acceptors (Lipinski definition) is 4. The number of carbonyl (C=O) groups is 2. The van der Waals surface area contributed by atoms with Crippen molar-refractivity contribution in [3.8, 4) is 5.75 Å². The summed E-state index contributed by atoms with van der Waals surface area (Å²) >= 11 is 5.85. The van der Waals surface area contributed by atoms with E-state index in [4.69, 9.17) is 16.3 Å². The Morgan fingerprint density at radius 2 is 1.89 bits per heavy atom. The molecule has 5 rings (SSSR count). The van der Waals surface area contributed by atoms with E-state index in [-0.39, 0.29) is 46.7 Å². The highest BCUT2D eigenvalue weighted by Crippen LogP contribution is 2.47. The quantitative estimate of drug-likeness (QED) is 0.520. The minimum absolute atomic E-state index is 0.0547. The van der Waals surface area contributed by atoms with Crippen molar-refractivity contribution in [2.45, 2.75) is 38.5 Å². The van der Waals surface area contributed by atoms with Gasteiger partial charge in [-0.2, -0.15) is 0 Å². The third-order valence-corrected chi connectivity index (χ3v) is 7.45. The van der Waals surface area contributed by atoms with Crippen LogP contribution in [0.1, 0.15) is 51.7 Å². The van der Waals surface area contributed by atoms with E-state index in [2.05, 4.69) is 12.2 Å². The van der Waals surface area contributed by atoms with Gasteiger partial charge in [-0.1, -0.05) is 61.0 Å². The average molecular weight is 524 g/mol. The Morgan fingerprint density at radius 3 is 2.59 bits per heavy atom. The topological polar surface area (TPSA) is 80.6 Å². The average Bonchev–Trinajstić information content (AvgIpc) is 2.86. The SMILES string of the molecule is CN1C[C@]2(C[C@H](C)C2)n2cc(C(=O)NCc3cccc(Cl)c3F)c(=O)c(OCc3ccccc3)c2C1=O. The molecule has 192 valence electrons. The number of pyridine rings is 1. The van der Waals surface area contributed by atoms with E-state index >= 15 is 0 Å². The van der Waals surface area contributed by atoms with Gasteiger partial charge in [0, 0.05) is 31.9 Å². The molecule has 2 aliphatic rings. The maximum Gasteiger partial charge on any atom is 0.274 e. The first kappa shape index (κ1) is 25.0. The first-order valence-electron chi connectivity index (χ1n) is 12.1. The number of fused-ring (bicyclic) bond motifs is 2. The molecule has 1 spiro atoms. The monoisotopic (exact) mass is 523 g/mol. The van der Waals surface area contributed by atoms with Gasteiger partial charge in [0.25, 0.3) is 11.8 Å². The second-order valence-electron chi connectivity index (χ2n) is 9.99. The Balaban J connectivity index is 1.56. The maximum absolute atomic E-state index is 14.3. The highest BCUT2D eigenvalue weighted by atomic mass is 35.5. The summed E-state index contributed by atoms with van der Waals surface area (Å²) in [6, 6.07) is 13.8. The Bertz CT molecular complexity index is 1430. The Morgan fingerprint density at radius 1 is 1.16 bits per heavy atom. The molecule has 2 amide bonds. The Hall–Kier alpha value is -3.65. The molecule has 0 saturated heterocycles. The molecule has 1 saturated carbocycles. The van der Waals surface area contributed by atoms with Crippen molar-refractivity contribution < 1.29 is 18.7 Å². The Labute approximate surface area is 218 Å².